The number of rotatable bonds is 7. The van der Waals surface area contributed by atoms with Crippen LogP contribution in [0.5, 0.6) is 11.5 Å². The first-order chi connectivity index (χ1) is 16.2. The molecule has 2 aromatic carbocycles. The summed E-state index contributed by atoms with van der Waals surface area (Å²) in [6.07, 6.45) is 3.06. The Kier molecular flexibility index (Phi) is 7.05. The summed E-state index contributed by atoms with van der Waals surface area (Å²) >= 11 is 7.08. The van der Waals surface area contributed by atoms with Gasteiger partial charge < -0.3 is 9.47 Å². The molecule has 0 spiro atoms. The summed E-state index contributed by atoms with van der Waals surface area (Å²) < 4.78 is 39.1. The number of fused-ring (bicyclic) bond motifs is 1. The summed E-state index contributed by atoms with van der Waals surface area (Å²) in [4.78, 5) is 17.4. The highest BCUT2D eigenvalue weighted by Crippen LogP contribution is 2.31. The lowest BCUT2D eigenvalue weighted by Gasteiger charge is -2.23. The Labute approximate surface area is 205 Å². The van der Waals surface area contributed by atoms with Crippen LogP contribution >= 0.6 is 23.5 Å². The third-order valence-corrected chi connectivity index (χ3v) is 6.70. The van der Waals surface area contributed by atoms with Crippen molar-refractivity contribution in [2.24, 2.45) is 9.39 Å². The SMILES string of the molecule is CS(=O)(=O)C1=NSC2=NC(=O)/C(=C\c3ccc(OCCCOc4ccccc4)c(Cl)c3)C(=N)N21. The van der Waals surface area contributed by atoms with E-state index in [1.165, 1.54) is 6.08 Å². The predicted molar refractivity (Wildman–Crippen MR) is 133 cm³/mol. The van der Waals surface area contributed by atoms with Crippen LogP contribution in [0, 0.1) is 5.41 Å². The van der Waals surface area contributed by atoms with Gasteiger partial charge in [0, 0.05) is 12.7 Å². The van der Waals surface area contributed by atoms with E-state index >= 15 is 0 Å². The Morgan fingerprint density at radius 1 is 1.15 bits per heavy atom. The maximum absolute atomic E-state index is 12.5. The average Bonchev–Trinajstić information content (AvgIpc) is 3.23. The molecule has 0 bridgehead atoms. The van der Waals surface area contributed by atoms with Gasteiger partial charge in [0.15, 0.2) is 0 Å². The number of aliphatic imine (C=N–C) groups is 1. The van der Waals surface area contributed by atoms with Crippen molar-refractivity contribution in [3.63, 3.8) is 0 Å². The second-order valence-corrected chi connectivity index (χ2v) is 10.3. The molecule has 0 radical (unpaired) electrons. The molecule has 2 heterocycles. The highest BCUT2D eigenvalue weighted by Gasteiger charge is 2.41. The molecule has 1 amide bonds. The average molecular weight is 519 g/mol. The van der Waals surface area contributed by atoms with Crippen LogP contribution < -0.4 is 9.47 Å². The van der Waals surface area contributed by atoms with E-state index < -0.39 is 15.7 Å². The van der Waals surface area contributed by atoms with Gasteiger partial charge in [0.05, 0.1) is 35.8 Å². The minimum atomic E-state index is -3.71. The third kappa shape index (κ3) is 5.32. The van der Waals surface area contributed by atoms with Crippen LogP contribution in [-0.2, 0) is 14.6 Å². The highest BCUT2D eigenvalue weighted by molar-refractivity contribution is 8.16. The number of para-hydroxylation sites is 1. The van der Waals surface area contributed by atoms with Crippen molar-refractivity contribution in [1.82, 2.24) is 4.90 Å². The first kappa shape index (κ1) is 24.0. The van der Waals surface area contributed by atoms with E-state index in [0.29, 0.717) is 36.0 Å². The molecule has 1 N–H and O–H groups in total. The zero-order chi connectivity index (χ0) is 24.3. The molecule has 0 atom stereocenters. The van der Waals surface area contributed by atoms with Crippen LogP contribution in [0.25, 0.3) is 6.08 Å². The van der Waals surface area contributed by atoms with Crippen molar-refractivity contribution >= 4 is 61.5 Å². The van der Waals surface area contributed by atoms with Crippen LogP contribution in [-0.4, -0.2) is 54.9 Å². The molecule has 12 heteroatoms. The Hall–Kier alpha value is -3.15. The second-order valence-electron chi connectivity index (χ2n) is 7.23. The number of amidine groups is 3. The summed E-state index contributed by atoms with van der Waals surface area (Å²) in [5, 5.41) is 8.40. The van der Waals surface area contributed by atoms with Gasteiger partial charge >= 0.3 is 0 Å². The Morgan fingerprint density at radius 2 is 1.88 bits per heavy atom. The van der Waals surface area contributed by atoms with Crippen LogP contribution in [0.1, 0.15) is 12.0 Å². The molecule has 9 nitrogen and oxygen atoms in total. The minimum absolute atomic E-state index is 0.0330. The molecular weight excluding hydrogens is 500 g/mol. The summed E-state index contributed by atoms with van der Waals surface area (Å²) in [5.41, 5.74) is 0.451. The molecular formula is C22H19ClN4O5S2. The molecule has 0 unspecified atom stereocenters. The van der Waals surface area contributed by atoms with E-state index in [1.807, 2.05) is 30.3 Å². The number of hydrogen-bond acceptors (Lipinski definition) is 8. The molecule has 34 heavy (non-hydrogen) atoms. The molecule has 0 saturated heterocycles. The first-order valence-corrected chi connectivity index (χ1v) is 13.1. The quantitative estimate of drug-likeness (QED) is 0.336. The standard InChI is InChI=1S/C22H19ClN4O5S2/c1-34(29,30)22-26-33-21-25-20(28)16(19(24)27(21)22)12-14-8-9-18(17(23)13-14)32-11-5-10-31-15-6-3-2-4-7-15/h2-4,6-9,12-13,24H,5,10-11H2,1H3/b16-12-,24-19?. The minimum Gasteiger partial charge on any atom is -0.493 e. The summed E-state index contributed by atoms with van der Waals surface area (Å²) in [7, 11) is -3.71. The van der Waals surface area contributed by atoms with Crippen LogP contribution in [0.3, 0.4) is 0 Å². The topological polar surface area (TPSA) is 121 Å². The lowest BCUT2D eigenvalue weighted by Crippen LogP contribution is -2.45. The van der Waals surface area contributed by atoms with Gasteiger partial charge in [0.25, 0.3) is 5.91 Å². The number of benzene rings is 2. The summed E-state index contributed by atoms with van der Waals surface area (Å²) in [5.74, 6) is 0.276. The molecule has 0 saturated carbocycles. The summed E-state index contributed by atoms with van der Waals surface area (Å²) in [6.45, 7) is 0.889. The number of nitrogens with one attached hydrogen (secondary N) is 1. The van der Waals surface area contributed by atoms with Crippen LogP contribution in [0.2, 0.25) is 5.02 Å². The zero-order valence-corrected chi connectivity index (χ0v) is 20.3. The van der Waals surface area contributed by atoms with E-state index in [4.69, 9.17) is 26.5 Å². The molecule has 2 aliphatic rings. The fourth-order valence-electron chi connectivity index (χ4n) is 3.08. The molecule has 4 rings (SSSR count). The number of hydrogen-bond donors (Lipinski definition) is 1. The number of sulfone groups is 1. The number of amides is 1. The molecule has 0 aliphatic carbocycles. The van der Waals surface area contributed by atoms with Gasteiger partial charge in [-0.1, -0.05) is 35.9 Å². The monoisotopic (exact) mass is 518 g/mol. The zero-order valence-electron chi connectivity index (χ0n) is 17.9. The van der Waals surface area contributed by atoms with E-state index in [2.05, 4.69) is 9.39 Å². The lowest BCUT2D eigenvalue weighted by atomic mass is 10.1. The molecule has 2 aromatic rings. The normalized spacial score (nSPS) is 16.9. The molecule has 2 aliphatic heterocycles. The van der Waals surface area contributed by atoms with Crippen molar-refractivity contribution in [3.8, 4) is 11.5 Å². The molecule has 0 aromatic heterocycles. The van der Waals surface area contributed by atoms with Crippen molar-refractivity contribution in [3.05, 3.63) is 64.7 Å². The Morgan fingerprint density at radius 3 is 2.59 bits per heavy atom. The van der Waals surface area contributed by atoms with Gasteiger partial charge in [-0.15, -0.1) is 0 Å². The maximum atomic E-state index is 12.5. The highest BCUT2D eigenvalue weighted by atomic mass is 35.5. The van der Waals surface area contributed by atoms with E-state index in [1.54, 1.807) is 18.2 Å². The van der Waals surface area contributed by atoms with Gasteiger partial charge in [-0.05, 0) is 35.9 Å². The predicted octanol–water partition coefficient (Wildman–Crippen LogP) is 3.81. The van der Waals surface area contributed by atoms with Gasteiger partial charge in [-0.3, -0.25) is 10.2 Å². The van der Waals surface area contributed by atoms with Crippen molar-refractivity contribution in [2.45, 2.75) is 6.42 Å². The fourth-order valence-corrected chi connectivity index (χ4v) is 5.16. The Bertz CT molecular complexity index is 1340. The number of nitrogens with zero attached hydrogens (tertiary/aromatic N) is 3. The molecule has 0 fully saturated rings. The first-order valence-electron chi connectivity index (χ1n) is 10.0. The largest absolute Gasteiger partial charge is 0.493 e. The van der Waals surface area contributed by atoms with Gasteiger partial charge in [0.2, 0.25) is 20.2 Å². The number of halogens is 1. The number of carbonyl (C=O) groups is 1. The number of ether oxygens (including phenoxy) is 2. The maximum Gasteiger partial charge on any atom is 0.283 e. The second kappa shape index (κ2) is 10.00. The fraction of sp³-hybridized carbons (Fsp3) is 0.182. The summed E-state index contributed by atoms with van der Waals surface area (Å²) in [6, 6.07) is 14.4. The van der Waals surface area contributed by atoms with Gasteiger partial charge in [-0.2, -0.15) is 9.39 Å². The van der Waals surface area contributed by atoms with Gasteiger partial charge in [-0.25, -0.2) is 13.3 Å². The Balaban J connectivity index is 1.41. The lowest BCUT2D eigenvalue weighted by molar-refractivity contribution is -0.114. The molecule has 176 valence electrons. The van der Waals surface area contributed by atoms with E-state index in [0.717, 1.165) is 28.9 Å². The van der Waals surface area contributed by atoms with E-state index in [9.17, 15) is 13.2 Å². The smallest absolute Gasteiger partial charge is 0.283 e. The van der Waals surface area contributed by atoms with Crippen molar-refractivity contribution in [2.75, 3.05) is 19.5 Å². The third-order valence-electron chi connectivity index (χ3n) is 4.65. The number of carbonyl (C=O) groups excluding carboxylic acids is 1. The van der Waals surface area contributed by atoms with E-state index in [-0.39, 0.29) is 21.7 Å². The van der Waals surface area contributed by atoms with Crippen LogP contribution in [0.4, 0.5) is 0 Å². The van der Waals surface area contributed by atoms with Crippen molar-refractivity contribution in [1.29, 1.82) is 5.41 Å². The van der Waals surface area contributed by atoms with Crippen LogP contribution in [0.15, 0.2) is 63.5 Å². The van der Waals surface area contributed by atoms with Gasteiger partial charge in [0.1, 0.15) is 17.3 Å². The van der Waals surface area contributed by atoms with Crippen molar-refractivity contribution < 1.29 is 22.7 Å².